The first-order chi connectivity index (χ1) is 13.5. The van der Waals surface area contributed by atoms with Crippen LogP contribution in [0, 0.1) is 0 Å². The topological polar surface area (TPSA) is 80.3 Å². The van der Waals surface area contributed by atoms with Gasteiger partial charge in [-0.25, -0.2) is 0 Å². The monoisotopic (exact) mass is 438 g/mol. The first kappa shape index (κ1) is 33.8. The summed E-state index contributed by atoms with van der Waals surface area (Å²) < 4.78 is 0. The molecular formula is C24H46CaO4. The summed E-state index contributed by atoms with van der Waals surface area (Å²) in [5, 5.41) is 20.2. The number of carbonyl (C=O) groups excluding carboxylic acids is 2. The van der Waals surface area contributed by atoms with Gasteiger partial charge < -0.3 is 19.8 Å². The van der Waals surface area contributed by atoms with Crippen molar-refractivity contribution in [1.82, 2.24) is 0 Å². The third-order valence-electron chi connectivity index (χ3n) is 4.97. The van der Waals surface area contributed by atoms with E-state index >= 15 is 0 Å². The van der Waals surface area contributed by atoms with Crippen LogP contribution in [0.5, 0.6) is 0 Å². The second-order valence-electron chi connectivity index (χ2n) is 7.90. The van der Waals surface area contributed by atoms with Crippen LogP contribution in [0.4, 0.5) is 0 Å². The van der Waals surface area contributed by atoms with Gasteiger partial charge in [0.05, 0.1) is 0 Å². The molecule has 0 unspecified atom stereocenters. The van der Waals surface area contributed by atoms with E-state index in [0.29, 0.717) is 0 Å². The molecule has 0 aliphatic carbocycles. The van der Waals surface area contributed by atoms with Crippen LogP contribution >= 0.6 is 0 Å². The predicted octanol–water partition coefficient (Wildman–Crippen LogP) is 4.93. The molecule has 4 nitrogen and oxygen atoms in total. The molecule has 0 aromatic heterocycles. The number of hydrogen-bond acceptors (Lipinski definition) is 4. The largest absolute Gasteiger partial charge is 2.00 e. The fraction of sp³-hybridized carbons (Fsp3) is 0.917. The van der Waals surface area contributed by atoms with Crippen molar-refractivity contribution in [3.63, 3.8) is 0 Å². The molecular weight excluding hydrogens is 392 g/mol. The Kier molecular flexibility index (Phi) is 35.5. The molecule has 0 radical (unpaired) electrons. The van der Waals surface area contributed by atoms with E-state index in [-0.39, 0.29) is 50.6 Å². The third-order valence-corrected chi connectivity index (χ3v) is 4.97. The van der Waals surface area contributed by atoms with Gasteiger partial charge >= 0.3 is 37.7 Å². The van der Waals surface area contributed by atoms with Crippen LogP contribution in [0.15, 0.2) is 0 Å². The molecule has 0 N–H and O–H groups in total. The zero-order valence-electron chi connectivity index (χ0n) is 19.5. The molecule has 29 heavy (non-hydrogen) atoms. The Morgan fingerprint density at radius 3 is 0.862 bits per heavy atom. The van der Waals surface area contributed by atoms with E-state index < -0.39 is 11.9 Å². The summed E-state index contributed by atoms with van der Waals surface area (Å²) in [6.07, 6.45) is 22.3. The van der Waals surface area contributed by atoms with Crippen LogP contribution in [-0.2, 0) is 9.59 Å². The van der Waals surface area contributed by atoms with Crippen molar-refractivity contribution in [3.05, 3.63) is 0 Å². The number of hydrogen-bond donors (Lipinski definition) is 0. The summed E-state index contributed by atoms with van der Waals surface area (Å²) in [7, 11) is 0. The molecule has 0 spiro atoms. The normalized spacial score (nSPS) is 10.0. The van der Waals surface area contributed by atoms with E-state index in [0.717, 1.165) is 25.7 Å². The molecule has 0 bridgehead atoms. The molecule has 0 rings (SSSR count). The number of carboxylic acids is 2. The summed E-state index contributed by atoms with van der Waals surface area (Å²) in [5.41, 5.74) is 0. The molecule has 0 aromatic rings. The van der Waals surface area contributed by atoms with Crippen LogP contribution < -0.4 is 10.2 Å². The van der Waals surface area contributed by atoms with Crippen LogP contribution in [0.1, 0.15) is 142 Å². The standard InChI is InChI=1S/2C12H24O2.Ca/c2*1-2-3-4-5-6-7-8-9-10-11-12(13)14;/h2*2-11H2,1H3,(H,13,14);/q;;+2/p-2. The maximum absolute atomic E-state index is 10.1. The molecule has 0 aliphatic rings. The maximum Gasteiger partial charge on any atom is 2.00 e. The van der Waals surface area contributed by atoms with Crippen molar-refractivity contribution in [2.75, 3.05) is 0 Å². The van der Waals surface area contributed by atoms with Gasteiger partial charge in [-0.15, -0.1) is 0 Å². The van der Waals surface area contributed by atoms with Gasteiger partial charge in [0.1, 0.15) is 0 Å². The van der Waals surface area contributed by atoms with Crippen molar-refractivity contribution in [2.45, 2.75) is 142 Å². The van der Waals surface area contributed by atoms with Gasteiger partial charge in [0.15, 0.2) is 0 Å². The van der Waals surface area contributed by atoms with Gasteiger partial charge in [-0.2, -0.15) is 0 Å². The van der Waals surface area contributed by atoms with Gasteiger partial charge in [-0.3, -0.25) is 0 Å². The number of aliphatic carboxylic acids is 2. The maximum atomic E-state index is 10.1. The van der Waals surface area contributed by atoms with Crippen LogP contribution in [0.3, 0.4) is 0 Å². The number of carboxylic acid groups (broad SMARTS) is 2. The van der Waals surface area contributed by atoms with Crippen molar-refractivity contribution in [1.29, 1.82) is 0 Å². The predicted molar refractivity (Wildman–Crippen MR) is 119 cm³/mol. The molecule has 168 valence electrons. The third kappa shape index (κ3) is 39.3. The van der Waals surface area contributed by atoms with Crippen molar-refractivity contribution in [2.24, 2.45) is 0 Å². The minimum absolute atomic E-state index is 0. The second-order valence-corrected chi connectivity index (χ2v) is 7.90. The Morgan fingerprint density at radius 1 is 0.448 bits per heavy atom. The number of carbonyl (C=O) groups is 2. The zero-order chi connectivity index (χ0) is 21.3. The summed E-state index contributed by atoms with van der Waals surface area (Å²) in [4.78, 5) is 20.2. The first-order valence-corrected chi connectivity index (χ1v) is 11.9. The zero-order valence-corrected chi connectivity index (χ0v) is 21.7. The summed E-state index contributed by atoms with van der Waals surface area (Å²) in [6, 6.07) is 0. The SMILES string of the molecule is CCCCCCCCCCCC(=O)[O-].CCCCCCCCCCCC(=O)[O-].[Ca+2]. The fourth-order valence-electron chi connectivity index (χ4n) is 3.16. The minimum atomic E-state index is -0.909. The molecule has 0 heterocycles. The van der Waals surface area contributed by atoms with Crippen molar-refractivity contribution >= 4 is 49.7 Å². The average molecular weight is 439 g/mol. The van der Waals surface area contributed by atoms with Crippen molar-refractivity contribution in [3.8, 4) is 0 Å². The number of unbranched alkanes of at least 4 members (excludes halogenated alkanes) is 16. The molecule has 5 heteroatoms. The van der Waals surface area contributed by atoms with Crippen LogP contribution in [-0.4, -0.2) is 49.7 Å². The Labute approximate surface area is 210 Å². The van der Waals surface area contributed by atoms with Gasteiger partial charge in [0.2, 0.25) is 0 Å². The molecule has 0 aromatic carbocycles. The van der Waals surface area contributed by atoms with Gasteiger partial charge in [-0.1, -0.05) is 117 Å². The molecule has 0 atom stereocenters. The molecule has 0 saturated carbocycles. The summed E-state index contributed by atoms with van der Waals surface area (Å²) >= 11 is 0. The second kappa shape index (κ2) is 30.4. The van der Waals surface area contributed by atoms with E-state index in [9.17, 15) is 19.8 Å². The van der Waals surface area contributed by atoms with E-state index in [1.807, 2.05) is 0 Å². The minimum Gasteiger partial charge on any atom is -0.550 e. The van der Waals surface area contributed by atoms with E-state index in [4.69, 9.17) is 0 Å². The van der Waals surface area contributed by atoms with Gasteiger partial charge in [-0.05, 0) is 25.7 Å². The Bertz CT molecular complexity index is 303. The van der Waals surface area contributed by atoms with E-state index in [1.54, 1.807) is 0 Å². The fourth-order valence-corrected chi connectivity index (χ4v) is 3.16. The molecule has 0 saturated heterocycles. The van der Waals surface area contributed by atoms with Gasteiger partial charge in [0.25, 0.3) is 0 Å². The first-order valence-electron chi connectivity index (χ1n) is 11.9. The Morgan fingerprint density at radius 2 is 0.655 bits per heavy atom. The van der Waals surface area contributed by atoms with Crippen molar-refractivity contribution < 1.29 is 19.8 Å². The molecule has 0 fully saturated rings. The molecule has 0 aliphatic heterocycles. The summed E-state index contributed by atoms with van der Waals surface area (Å²) in [6.45, 7) is 4.44. The quantitative estimate of drug-likeness (QED) is 0.199. The summed E-state index contributed by atoms with van der Waals surface area (Å²) in [5.74, 6) is -1.82. The van der Waals surface area contributed by atoms with Crippen LogP contribution in [0.2, 0.25) is 0 Å². The van der Waals surface area contributed by atoms with E-state index in [1.165, 1.54) is 89.9 Å². The number of rotatable bonds is 20. The smallest absolute Gasteiger partial charge is 0.550 e. The van der Waals surface area contributed by atoms with E-state index in [2.05, 4.69) is 13.8 Å². The Balaban J connectivity index is -0.000000451. The molecule has 0 amide bonds. The van der Waals surface area contributed by atoms with Crippen LogP contribution in [0.25, 0.3) is 0 Å². The van der Waals surface area contributed by atoms with Gasteiger partial charge in [0, 0.05) is 11.9 Å². The average Bonchev–Trinajstić information content (AvgIpc) is 2.65. The Hall–Kier alpha value is 0.200.